The van der Waals surface area contributed by atoms with Gasteiger partial charge in [-0.05, 0) is 15.9 Å². The fourth-order valence-electron chi connectivity index (χ4n) is 0.444. The van der Waals surface area contributed by atoms with E-state index in [0.29, 0.717) is 6.61 Å². The van der Waals surface area contributed by atoms with Crippen LogP contribution in [0.15, 0.2) is 0 Å². The molecule has 0 N–H and O–H groups in total. The summed E-state index contributed by atoms with van der Waals surface area (Å²) in [6.07, 6.45) is -0.406. The van der Waals surface area contributed by atoms with Gasteiger partial charge in [-0.2, -0.15) is 8.78 Å². The molecule has 1 fully saturated rings. The number of hydrogen-bond donors (Lipinski definition) is 0. The zero-order chi connectivity index (χ0) is 6.20. The molecule has 1 atom stereocenters. The Balaban J connectivity index is 2.16. The van der Waals surface area contributed by atoms with E-state index in [1.807, 2.05) is 0 Å². The molecule has 4 heteroatoms. The Kier molecular flexibility index (Phi) is 1.54. The summed E-state index contributed by atoms with van der Waals surface area (Å²) in [4.78, 5) is -2.73. The molecular formula is C4H5BrF2O. The zero-order valence-corrected chi connectivity index (χ0v) is 5.62. The van der Waals surface area contributed by atoms with Gasteiger partial charge in [0.15, 0.2) is 0 Å². The van der Waals surface area contributed by atoms with Crippen molar-refractivity contribution < 1.29 is 13.5 Å². The van der Waals surface area contributed by atoms with E-state index in [4.69, 9.17) is 0 Å². The maximum absolute atomic E-state index is 11.8. The first-order valence-electron chi connectivity index (χ1n) is 2.26. The van der Waals surface area contributed by atoms with E-state index in [1.165, 1.54) is 0 Å². The molecule has 48 valence electrons. The molecule has 0 bridgehead atoms. The Labute approximate surface area is 54.1 Å². The number of hydrogen-bond acceptors (Lipinski definition) is 1. The van der Waals surface area contributed by atoms with Crippen LogP contribution in [0.3, 0.4) is 0 Å². The van der Waals surface area contributed by atoms with Gasteiger partial charge in [0, 0.05) is 0 Å². The van der Waals surface area contributed by atoms with Crippen molar-refractivity contribution in [3.8, 4) is 0 Å². The highest BCUT2D eigenvalue weighted by Gasteiger charge is 2.35. The quantitative estimate of drug-likeness (QED) is 0.474. The predicted octanol–water partition coefficient (Wildman–Crippen LogP) is 1.76. The van der Waals surface area contributed by atoms with Gasteiger partial charge in [-0.3, -0.25) is 0 Å². The van der Waals surface area contributed by atoms with Crippen LogP contribution in [0.25, 0.3) is 0 Å². The fraction of sp³-hybridized carbons (Fsp3) is 1.00. The van der Waals surface area contributed by atoms with Crippen molar-refractivity contribution in [1.82, 2.24) is 0 Å². The first kappa shape index (κ1) is 6.42. The van der Waals surface area contributed by atoms with E-state index in [0.717, 1.165) is 0 Å². The molecule has 0 aromatic heterocycles. The van der Waals surface area contributed by atoms with Crippen LogP contribution in [-0.4, -0.2) is 17.5 Å². The normalized spacial score (nSPS) is 28.1. The van der Waals surface area contributed by atoms with Crippen LogP contribution in [0, 0.1) is 0 Å². The second-order valence-electron chi connectivity index (χ2n) is 1.77. The summed E-state index contributed by atoms with van der Waals surface area (Å²) >= 11 is 2.21. The molecule has 1 aliphatic rings. The fourth-order valence-corrected chi connectivity index (χ4v) is 0.805. The van der Waals surface area contributed by atoms with Crippen molar-refractivity contribution in [3.05, 3.63) is 0 Å². The lowest BCUT2D eigenvalue weighted by molar-refractivity contribution is 0.0938. The maximum Gasteiger partial charge on any atom is 0.304 e. The van der Waals surface area contributed by atoms with Gasteiger partial charge in [0.05, 0.1) is 19.1 Å². The number of halogens is 3. The van der Waals surface area contributed by atoms with Crippen molar-refractivity contribution in [3.63, 3.8) is 0 Å². The molecule has 0 aliphatic carbocycles. The summed E-state index contributed by atoms with van der Waals surface area (Å²) in [6.45, 7) is 0.487. The monoisotopic (exact) mass is 186 g/mol. The molecular weight excluding hydrogens is 182 g/mol. The van der Waals surface area contributed by atoms with Crippen molar-refractivity contribution in [2.24, 2.45) is 0 Å². The average Bonchev–Trinajstić information content (AvgIpc) is 2.12. The summed E-state index contributed by atoms with van der Waals surface area (Å²) in [5.41, 5.74) is 0. The molecule has 0 saturated carbocycles. The molecule has 8 heavy (non-hydrogen) atoms. The SMILES string of the molecule is FC(F)(Br)C[C@H]1CO1. The third-order valence-electron chi connectivity index (χ3n) is 0.861. The van der Waals surface area contributed by atoms with Crippen LogP contribution >= 0.6 is 15.9 Å². The number of epoxide rings is 1. The molecule has 1 heterocycles. The molecule has 0 amide bonds. The Morgan fingerprint density at radius 2 is 2.25 bits per heavy atom. The van der Waals surface area contributed by atoms with Gasteiger partial charge in [-0.15, -0.1) is 0 Å². The van der Waals surface area contributed by atoms with E-state index in [2.05, 4.69) is 20.7 Å². The van der Waals surface area contributed by atoms with Crippen LogP contribution in [-0.2, 0) is 4.74 Å². The molecule has 1 rings (SSSR count). The van der Waals surface area contributed by atoms with Crippen molar-refractivity contribution in [2.45, 2.75) is 17.4 Å². The molecule has 1 saturated heterocycles. The minimum Gasteiger partial charge on any atom is -0.373 e. The predicted molar refractivity (Wildman–Crippen MR) is 28.2 cm³/mol. The lowest BCUT2D eigenvalue weighted by Gasteiger charge is -2.02. The van der Waals surface area contributed by atoms with Gasteiger partial charge in [0.2, 0.25) is 0 Å². The number of rotatable bonds is 2. The van der Waals surface area contributed by atoms with E-state index in [9.17, 15) is 8.78 Å². The first-order valence-corrected chi connectivity index (χ1v) is 3.05. The summed E-state index contributed by atoms with van der Waals surface area (Å²) in [5.74, 6) is 0. The van der Waals surface area contributed by atoms with Crippen molar-refractivity contribution >= 4 is 15.9 Å². The molecule has 0 spiro atoms. The highest BCUT2D eigenvalue weighted by Crippen LogP contribution is 2.32. The van der Waals surface area contributed by atoms with Gasteiger partial charge in [0.25, 0.3) is 0 Å². The van der Waals surface area contributed by atoms with E-state index < -0.39 is 4.83 Å². The van der Waals surface area contributed by atoms with E-state index >= 15 is 0 Å². The second-order valence-corrected chi connectivity index (χ2v) is 2.93. The smallest absolute Gasteiger partial charge is 0.304 e. The standard InChI is InChI=1S/C4H5BrF2O/c5-4(6,7)1-3-2-8-3/h3H,1-2H2/t3-/m0/s1. The highest BCUT2D eigenvalue weighted by molar-refractivity contribution is 9.09. The largest absolute Gasteiger partial charge is 0.373 e. The average molecular weight is 187 g/mol. The second kappa shape index (κ2) is 1.92. The molecule has 0 aromatic rings. The van der Waals surface area contributed by atoms with E-state index in [-0.39, 0.29) is 12.5 Å². The lowest BCUT2D eigenvalue weighted by Crippen LogP contribution is -2.07. The minimum atomic E-state index is -2.73. The summed E-state index contributed by atoms with van der Waals surface area (Å²) in [7, 11) is 0. The van der Waals surface area contributed by atoms with Gasteiger partial charge in [0.1, 0.15) is 0 Å². The highest BCUT2D eigenvalue weighted by atomic mass is 79.9. The summed E-state index contributed by atoms with van der Waals surface area (Å²) < 4.78 is 28.3. The Hall–Kier alpha value is 0.300. The van der Waals surface area contributed by atoms with Crippen LogP contribution in [0.1, 0.15) is 6.42 Å². The first-order chi connectivity index (χ1) is 3.58. The van der Waals surface area contributed by atoms with Gasteiger partial charge < -0.3 is 4.74 Å². The zero-order valence-electron chi connectivity index (χ0n) is 4.03. The van der Waals surface area contributed by atoms with Crippen LogP contribution in [0.5, 0.6) is 0 Å². The molecule has 0 unspecified atom stereocenters. The topological polar surface area (TPSA) is 12.5 Å². The number of ether oxygens (including phenoxy) is 1. The third kappa shape index (κ3) is 2.57. The van der Waals surface area contributed by atoms with Crippen molar-refractivity contribution in [2.75, 3.05) is 6.61 Å². The summed E-state index contributed by atoms with van der Waals surface area (Å²) in [6, 6.07) is 0. The van der Waals surface area contributed by atoms with E-state index in [1.54, 1.807) is 0 Å². The van der Waals surface area contributed by atoms with Gasteiger partial charge >= 0.3 is 4.83 Å². The Morgan fingerprint density at radius 3 is 2.38 bits per heavy atom. The minimum absolute atomic E-state index is 0.201. The Morgan fingerprint density at radius 1 is 1.75 bits per heavy atom. The van der Waals surface area contributed by atoms with Crippen LogP contribution < -0.4 is 0 Å². The summed E-state index contributed by atoms with van der Waals surface area (Å²) in [5, 5.41) is 0. The number of alkyl halides is 3. The maximum atomic E-state index is 11.8. The van der Waals surface area contributed by atoms with Gasteiger partial charge in [-0.1, -0.05) is 0 Å². The molecule has 1 aliphatic heterocycles. The Bertz CT molecular complexity index is 86.5. The lowest BCUT2D eigenvalue weighted by atomic mass is 10.3. The van der Waals surface area contributed by atoms with Gasteiger partial charge in [-0.25, -0.2) is 0 Å². The molecule has 0 aromatic carbocycles. The molecule has 0 radical (unpaired) electrons. The van der Waals surface area contributed by atoms with Crippen molar-refractivity contribution in [1.29, 1.82) is 0 Å². The third-order valence-corrected chi connectivity index (χ3v) is 1.19. The van der Waals surface area contributed by atoms with Crippen LogP contribution in [0.2, 0.25) is 0 Å². The van der Waals surface area contributed by atoms with Crippen LogP contribution in [0.4, 0.5) is 8.78 Å². The molecule has 1 nitrogen and oxygen atoms in total.